The molecule has 0 amide bonds. The Morgan fingerprint density at radius 2 is 1.94 bits per heavy atom. The molecule has 2 heterocycles. The highest BCUT2D eigenvalue weighted by Gasteiger charge is 2.40. The number of ketones is 1. The third kappa shape index (κ3) is 5.11. The van der Waals surface area contributed by atoms with Gasteiger partial charge in [0.1, 0.15) is 17.7 Å². The molecular weight excluding hydrogens is 476 g/mol. The number of rotatable bonds is 8. The third-order valence-electron chi connectivity index (χ3n) is 6.35. The van der Waals surface area contributed by atoms with Crippen LogP contribution in [0.15, 0.2) is 59.6 Å². The molecule has 4 atom stereocenters. The van der Waals surface area contributed by atoms with E-state index in [4.69, 9.17) is 4.42 Å². The van der Waals surface area contributed by atoms with Crippen LogP contribution in [0.2, 0.25) is 0 Å². The van der Waals surface area contributed by atoms with E-state index in [0.29, 0.717) is 15.4 Å². The second-order valence-corrected chi connectivity index (χ2v) is 10.2. The number of anilines is 1. The van der Waals surface area contributed by atoms with Crippen molar-refractivity contribution < 1.29 is 32.4 Å². The number of aliphatic hydroxyl groups excluding tert-OH is 1. The average molecular weight is 503 g/mol. The van der Waals surface area contributed by atoms with Crippen molar-refractivity contribution in [3.63, 3.8) is 0 Å². The van der Waals surface area contributed by atoms with Gasteiger partial charge in [0, 0.05) is 24.8 Å². The Morgan fingerprint density at radius 3 is 2.63 bits per heavy atom. The molecule has 186 valence electrons. The minimum atomic E-state index is -4.47. The number of benzene rings is 1. The maximum atomic E-state index is 13.2. The van der Waals surface area contributed by atoms with E-state index in [-0.39, 0.29) is 30.0 Å². The molecule has 35 heavy (non-hydrogen) atoms. The molecule has 4 N–H and O–H groups in total. The predicted octanol–water partition coefficient (Wildman–Crippen LogP) is 1.59. The van der Waals surface area contributed by atoms with Crippen molar-refractivity contribution in [1.29, 1.82) is 0 Å². The molecule has 11 nitrogen and oxygen atoms in total. The molecule has 0 aliphatic heterocycles. The molecule has 1 aliphatic rings. The fraction of sp³-hybridized carbons (Fsp3) is 0.348. The zero-order valence-electron chi connectivity index (χ0n) is 19.1. The van der Waals surface area contributed by atoms with Crippen LogP contribution >= 0.6 is 0 Å². The number of carbonyl (C=O) groups is 1. The smallest absolute Gasteiger partial charge is 0.335 e. The largest absolute Gasteiger partial charge is 0.460 e. The Bertz CT molecular complexity index is 1310. The molecule has 2 aromatic heterocycles. The van der Waals surface area contributed by atoms with Crippen LogP contribution in [0, 0.1) is 0 Å². The van der Waals surface area contributed by atoms with Gasteiger partial charge in [0.15, 0.2) is 5.76 Å². The number of likely N-dealkylation sites (N-methyl/N-ethyl adjacent to an activating group) is 1. The van der Waals surface area contributed by atoms with Gasteiger partial charge >= 0.3 is 10.3 Å². The number of nitrogens with one attached hydrogen (secondary N) is 1. The summed E-state index contributed by atoms with van der Waals surface area (Å²) in [4.78, 5) is 21.3. The first-order chi connectivity index (χ1) is 16.5. The van der Waals surface area contributed by atoms with Gasteiger partial charge in [0.2, 0.25) is 5.78 Å². The Kier molecular flexibility index (Phi) is 6.75. The zero-order valence-corrected chi connectivity index (χ0v) is 19.9. The third-order valence-corrected chi connectivity index (χ3v) is 7.34. The van der Waals surface area contributed by atoms with E-state index >= 15 is 0 Å². The van der Waals surface area contributed by atoms with Gasteiger partial charge in [-0.2, -0.15) is 12.7 Å². The predicted molar refractivity (Wildman–Crippen MR) is 125 cm³/mol. The lowest BCUT2D eigenvalue weighted by molar-refractivity contribution is 0.100. The highest BCUT2D eigenvalue weighted by atomic mass is 32.2. The minimum Gasteiger partial charge on any atom is -0.460 e. The standard InChI is InChI=1S/C23H26N4O7S/c1-23(30,14-6-4-3-5-7-14)15-8-20(34-12-15)21(29)17-11-24-13-25-22(17)26-16-9-18(19(28)10-16)27(2)35(31,32)33/h3-8,11-13,16,18-19,28,30H,9-10H2,1-2H3,(H,24,25,26)(H,31,32,33)/t16-,18-,19+,23-/m1/s1. The van der Waals surface area contributed by atoms with Gasteiger partial charge in [0.05, 0.1) is 24.0 Å². The normalized spacial score (nSPS) is 22.2. The summed E-state index contributed by atoms with van der Waals surface area (Å²) in [5, 5.41) is 24.4. The Labute approximate surface area is 202 Å². The van der Waals surface area contributed by atoms with E-state index in [0.717, 1.165) is 0 Å². The number of nitrogens with zero attached hydrogens (tertiary/aromatic N) is 3. The van der Waals surface area contributed by atoms with E-state index in [1.54, 1.807) is 31.2 Å². The van der Waals surface area contributed by atoms with Crippen LogP contribution in [0.1, 0.15) is 47.0 Å². The Morgan fingerprint density at radius 1 is 1.23 bits per heavy atom. The molecule has 0 spiro atoms. The molecule has 3 aromatic rings. The molecule has 12 heteroatoms. The molecule has 0 unspecified atom stereocenters. The summed E-state index contributed by atoms with van der Waals surface area (Å²) in [6.07, 6.45) is 3.23. The van der Waals surface area contributed by atoms with Crippen molar-refractivity contribution in [2.24, 2.45) is 0 Å². The van der Waals surface area contributed by atoms with Crippen LogP contribution in [-0.2, 0) is 15.9 Å². The van der Waals surface area contributed by atoms with E-state index < -0.39 is 39.9 Å². The average Bonchev–Trinajstić information content (AvgIpc) is 3.46. The van der Waals surface area contributed by atoms with Crippen molar-refractivity contribution in [1.82, 2.24) is 14.3 Å². The summed E-state index contributed by atoms with van der Waals surface area (Å²) in [5.41, 5.74) is -0.248. The summed E-state index contributed by atoms with van der Waals surface area (Å²) >= 11 is 0. The molecule has 1 aromatic carbocycles. The molecule has 4 rings (SSSR count). The first-order valence-corrected chi connectivity index (χ1v) is 12.2. The van der Waals surface area contributed by atoms with Crippen LogP contribution in [-0.4, -0.2) is 68.5 Å². The summed E-state index contributed by atoms with van der Waals surface area (Å²) in [6, 6.07) is 9.17. The number of furan rings is 1. The molecule has 0 bridgehead atoms. The van der Waals surface area contributed by atoms with Crippen LogP contribution in [0.4, 0.5) is 5.82 Å². The lowest BCUT2D eigenvalue weighted by Crippen LogP contribution is -2.41. The second-order valence-electron chi connectivity index (χ2n) is 8.69. The Hall–Kier alpha value is -3.16. The van der Waals surface area contributed by atoms with Crippen molar-refractivity contribution in [2.75, 3.05) is 12.4 Å². The first-order valence-electron chi connectivity index (χ1n) is 10.8. The zero-order chi connectivity index (χ0) is 25.4. The molecule has 1 aliphatic carbocycles. The highest BCUT2D eigenvalue weighted by molar-refractivity contribution is 7.83. The van der Waals surface area contributed by atoms with Crippen LogP contribution in [0.25, 0.3) is 0 Å². The van der Waals surface area contributed by atoms with Crippen LogP contribution in [0.5, 0.6) is 0 Å². The lowest BCUT2D eigenvalue weighted by Gasteiger charge is -2.23. The number of hydrogen-bond acceptors (Lipinski definition) is 9. The molecule has 0 radical (unpaired) electrons. The van der Waals surface area contributed by atoms with Crippen LogP contribution in [0.3, 0.4) is 0 Å². The van der Waals surface area contributed by atoms with Gasteiger partial charge in [-0.3, -0.25) is 9.35 Å². The van der Waals surface area contributed by atoms with Gasteiger partial charge in [-0.15, -0.1) is 0 Å². The number of aromatic nitrogens is 2. The van der Waals surface area contributed by atoms with Crippen LogP contribution < -0.4 is 5.32 Å². The maximum absolute atomic E-state index is 13.2. The fourth-order valence-electron chi connectivity index (χ4n) is 4.25. The summed E-state index contributed by atoms with van der Waals surface area (Å²) in [7, 11) is -3.29. The molecule has 1 saturated carbocycles. The van der Waals surface area contributed by atoms with Crippen molar-refractivity contribution in [3.8, 4) is 0 Å². The van der Waals surface area contributed by atoms with Gasteiger partial charge in [-0.25, -0.2) is 9.97 Å². The quantitative estimate of drug-likeness (QED) is 0.262. The highest BCUT2D eigenvalue weighted by Crippen LogP contribution is 2.32. The fourth-order valence-corrected chi connectivity index (χ4v) is 4.82. The van der Waals surface area contributed by atoms with E-state index in [1.807, 2.05) is 6.07 Å². The van der Waals surface area contributed by atoms with E-state index in [9.17, 15) is 28.0 Å². The van der Waals surface area contributed by atoms with E-state index in [1.165, 1.54) is 31.9 Å². The monoisotopic (exact) mass is 502 g/mol. The topological polar surface area (TPSA) is 166 Å². The summed E-state index contributed by atoms with van der Waals surface area (Å²) in [6.45, 7) is 1.60. The van der Waals surface area contributed by atoms with Crippen molar-refractivity contribution >= 4 is 21.9 Å². The second kappa shape index (κ2) is 9.47. The van der Waals surface area contributed by atoms with E-state index in [2.05, 4.69) is 15.3 Å². The maximum Gasteiger partial charge on any atom is 0.335 e. The van der Waals surface area contributed by atoms with Gasteiger partial charge in [0.25, 0.3) is 0 Å². The summed E-state index contributed by atoms with van der Waals surface area (Å²) in [5.74, 6) is -0.358. The minimum absolute atomic E-state index is 0.0236. The first kappa shape index (κ1) is 24.9. The van der Waals surface area contributed by atoms with Crippen molar-refractivity contribution in [2.45, 2.75) is 43.6 Å². The SMILES string of the molecule is CN([C@@H]1C[C@@H](Nc2ncncc2C(=O)c2cc([C@](C)(O)c3ccccc3)co2)C[C@@H]1O)S(=O)(=O)O. The number of aliphatic hydroxyl groups is 2. The molecule has 1 fully saturated rings. The molecule has 0 saturated heterocycles. The Balaban J connectivity index is 1.54. The van der Waals surface area contributed by atoms with Gasteiger partial charge < -0.3 is 19.9 Å². The van der Waals surface area contributed by atoms with Crippen molar-refractivity contribution in [3.05, 3.63) is 77.6 Å². The summed E-state index contributed by atoms with van der Waals surface area (Å²) < 4.78 is 38.4. The molecular formula is C23H26N4O7S. The lowest BCUT2D eigenvalue weighted by atomic mass is 9.90. The van der Waals surface area contributed by atoms with Gasteiger partial charge in [-0.05, 0) is 31.4 Å². The number of hydrogen-bond donors (Lipinski definition) is 4. The number of carbonyl (C=O) groups excluding carboxylic acids is 1. The van der Waals surface area contributed by atoms with Gasteiger partial charge in [-0.1, -0.05) is 30.3 Å².